The zero-order chi connectivity index (χ0) is 13.7. The Morgan fingerprint density at radius 3 is 2.89 bits per heavy atom. The number of anilines is 2. The molecular weight excluding hydrogens is 244 g/mol. The van der Waals surface area contributed by atoms with Gasteiger partial charge in [0.2, 0.25) is 0 Å². The van der Waals surface area contributed by atoms with Crippen LogP contribution < -0.4 is 10.6 Å². The van der Waals surface area contributed by atoms with Crippen molar-refractivity contribution in [2.75, 3.05) is 44.0 Å². The SMILES string of the molecule is COCCN(CCO)c1ncnc2ccc(N)cc12. The summed E-state index contributed by atoms with van der Waals surface area (Å²) < 4.78 is 5.08. The summed E-state index contributed by atoms with van der Waals surface area (Å²) in [5, 5.41) is 10.1. The first-order valence-corrected chi connectivity index (χ1v) is 6.11. The van der Waals surface area contributed by atoms with Crippen LogP contribution in [0, 0.1) is 0 Å². The highest BCUT2D eigenvalue weighted by atomic mass is 16.5. The van der Waals surface area contributed by atoms with Gasteiger partial charge in [-0.2, -0.15) is 0 Å². The van der Waals surface area contributed by atoms with Crippen molar-refractivity contribution in [3.63, 3.8) is 0 Å². The van der Waals surface area contributed by atoms with E-state index in [4.69, 9.17) is 10.5 Å². The van der Waals surface area contributed by atoms with Crippen LogP contribution in [0.4, 0.5) is 11.5 Å². The van der Waals surface area contributed by atoms with Crippen LogP contribution in [0.5, 0.6) is 0 Å². The van der Waals surface area contributed by atoms with Crippen LogP contribution in [-0.4, -0.2) is 48.5 Å². The lowest BCUT2D eigenvalue weighted by atomic mass is 10.2. The summed E-state index contributed by atoms with van der Waals surface area (Å²) >= 11 is 0. The van der Waals surface area contributed by atoms with Crippen molar-refractivity contribution < 1.29 is 9.84 Å². The van der Waals surface area contributed by atoms with Gasteiger partial charge in [-0.1, -0.05) is 0 Å². The number of aliphatic hydroxyl groups is 1. The lowest BCUT2D eigenvalue weighted by Crippen LogP contribution is -2.31. The highest BCUT2D eigenvalue weighted by molar-refractivity contribution is 5.91. The third-order valence-electron chi connectivity index (χ3n) is 2.87. The second-order valence-corrected chi connectivity index (χ2v) is 4.18. The second-order valence-electron chi connectivity index (χ2n) is 4.18. The van der Waals surface area contributed by atoms with Crippen molar-refractivity contribution in [3.8, 4) is 0 Å². The van der Waals surface area contributed by atoms with E-state index in [1.54, 1.807) is 7.11 Å². The standard InChI is InChI=1S/C13H18N4O2/c1-19-7-5-17(4-6-18)13-11-8-10(14)2-3-12(11)15-9-16-13/h2-3,8-9,18H,4-7,14H2,1H3. The monoisotopic (exact) mass is 262 g/mol. The first kappa shape index (κ1) is 13.5. The second kappa shape index (κ2) is 6.31. The van der Waals surface area contributed by atoms with Gasteiger partial charge in [-0.3, -0.25) is 0 Å². The number of hydrogen-bond donors (Lipinski definition) is 2. The van der Waals surface area contributed by atoms with Gasteiger partial charge in [0.25, 0.3) is 0 Å². The number of ether oxygens (including phenoxy) is 1. The minimum Gasteiger partial charge on any atom is -0.399 e. The summed E-state index contributed by atoms with van der Waals surface area (Å²) in [5.74, 6) is 0.767. The molecule has 102 valence electrons. The van der Waals surface area contributed by atoms with Gasteiger partial charge in [0.1, 0.15) is 12.1 Å². The Balaban J connectivity index is 2.42. The molecule has 0 aliphatic heterocycles. The van der Waals surface area contributed by atoms with Crippen LogP contribution in [0.3, 0.4) is 0 Å². The van der Waals surface area contributed by atoms with Crippen LogP contribution in [0.25, 0.3) is 10.9 Å². The summed E-state index contributed by atoms with van der Waals surface area (Å²) in [6.07, 6.45) is 1.52. The van der Waals surface area contributed by atoms with Gasteiger partial charge in [-0.05, 0) is 18.2 Å². The summed E-state index contributed by atoms with van der Waals surface area (Å²) in [5.41, 5.74) is 7.32. The molecule has 2 rings (SSSR count). The largest absolute Gasteiger partial charge is 0.399 e. The molecule has 0 spiro atoms. The Hall–Kier alpha value is -1.92. The summed E-state index contributed by atoms with van der Waals surface area (Å²) in [7, 11) is 1.65. The van der Waals surface area contributed by atoms with Gasteiger partial charge in [0, 0.05) is 31.3 Å². The van der Waals surface area contributed by atoms with Crippen LogP contribution >= 0.6 is 0 Å². The van der Waals surface area contributed by atoms with Crippen LogP contribution in [0.1, 0.15) is 0 Å². The number of hydrogen-bond acceptors (Lipinski definition) is 6. The number of nitrogens with two attached hydrogens (primary N) is 1. The Bertz CT molecular complexity index is 547. The first-order chi connectivity index (χ1) is 9.26. The molecule has 1 aromatic carbocycles. The van der Waals surface area contributed by atoms with Crippen LogP contribution in [0.2, 0.25) is 0 Å². The molecule has 0 unspecified atom stereocenters. The van der Waals surface area contributed by atoms with Crippen molar-refractivity contribution in [2.24, 2.45) is 0 Å². The average Bonchev–Trinajstić information content (AvgIpc) is 2.43. The minimum absolute atomic E-state index is 0.0531. The van der Waals surface area contributed by atoms with Gasteiger partial charge in [0.05, 0.1) is 18.7 Å². The van der Waals surface area contributed by atoms with Gasteiger partial charge >= 0.3 is 0 Å². The van der Waals surface area contributed by atoms with E-state index in [9.17, 15) is 5.11 Å². The van der Waals surface area contributed by atoms with Crippen LogP contribution in [-0.2, 0) is 4.74 Å². The number of aliphatic hydroxyl groups excluding tert-OH is 1. The molecule has 0 saturated carbocycles. The number of rotatable bonds is 6. The summed E-state index contributed by atoms with van der Waals surface area (Å²) in [6, 6.07) is 5.52. The van der Waals surface area contributed by atoms with Crippen molar-refractivity contribution in [1.82, 2.24) is 9.97 Å². The van der Waals surface area contributed by atoms with Gasteiger partial charge < -0.3 is 20.5 Å². The highest BCUT2D eigenvalue weighted by Gasteiger charge is 2.12. The number of methoxy groups -OCH3 is 1. The smallest absolute Gasteiger partial charge is 0.140 e. The Morgan fingerprint density at radius 2 is 2.16 bits per heavy atom. The van der Waals surface area contributed by atoms with Crippen LogP contribution in [0.15, 0.2) is 24.5 Å². The molecule has 2 aromatic rings. The van der Waals surface area contributed by atoms with Gasteiger partial charge in [0.15, 0.2) is 0 Å². The van der Waals surface area contributed by atoms with E-state index >= 15 is 0 Å². The molecule has 0 bridgehead atoms. The molecule has 6 heteroatoms. The summed E-state index contributed by atoms with van der Waals surface area (Å²) in [4.78, 5) is 10.5. The molecule has 1 heterocycles. The molecule has 0 radical (unpaired) electrons. The molecule has 6 nitrogen and oxygen atoms in total. The van der Waals surface area contributed by atoms with E-state index in [0.717, 1.165) is 16.7 Å². The van der Waals surface area contributed by atoms with E-state index in [1.165, 1.54) is 6.33 Å². The number of fused-ring (bicyclic) bond motifs is 1. The van der Waals surface area contributed by atoms with E-state index in [0.29, 0.717) is 25.4 Å². The van der Waals surface area contributed by atoms with E-state index < -0.39 is 0 Å². The third-order valence-corrected chi connectivity index (χ3v) is 2.87. The van der Waals surface area contributed by atoms with Crippen molar-refractivity contribution >= 4 is 22.4 Å². The molecule has 0 aliphatic rings. The maximum Gasteiger partial charge on any atom is 0.140 e. The van der Waals surface area contributed by atoms with E-state index in [2.05, 4.69) is 9.97 Å². The predicted molar refractivity (Wildman–Crippen MR) is 75.1 cm³/mol. The Labute approximate surface area is 111 Å². The van der Waals surface area contributed by atoms with E-state index in [1.807, 2.05) is 23.1 Å². The molecule has 0 saturated heterocycles. The summed E-state index contributed by atoms with van der Waals surface area (Å²) in [6.45, 7) is 1.76. The number of aromatic nitrogens is 2. The highest BCUT2D eigenvalue weighted by Crippen LogP contribution is 2.24. The van der Waals surface area contributed by atoms with Crippen molar-refractivity contribution in [3.05, 3.63) is 24.5 Å². The third kappa shape index (κ3) is 3.10. The number of benzene rings is 1. The van der Waals surface area contributed by atoms with Gasteiger partial charge in [-0.25, -0.2) is 9.97 Å². The van der Waals surface area contributed by atoms with E-state index in [-0.39, 0.29) is 6.61 Å². The topological polar surface area (TPSA) is 84.5 Å². The molecular formula is C13H18N4O2. The van der Waals surface area contributed by atoms with Crippen molar-refractivity contribution in [2.45, 2.75) is 0 Å². The maximum absolute atomic E-state index is 9.17. The molecule has 19 heavy (non-hydrogen) atoms. The fraction of sp³-hybridized carbons (Fsp3) is 0.385. The minimum atomic E-state index is 0.0531. The normalized spacial score (nSPS) is 10.8. The number of nitrogen functional groups attached to an aromatic ring is 1. The molecule has 3 N–H and O–H groups in total. The van der Waals surface area contributed by atoms with Gasteiger partial charge in [-0.15, -0.1) is 0 Å². The Kier molecular flexibility index (Phi) is 4.48. The predicted octanol–water partition coefficient (Wildman–Crippen LogP) is 0.657. The Morgan fingerprint density at radius 1 is 1.32 bits per heavy atom. The molecule has 0 amide bonds. The molecule has 0 atom stereocenters. The quantitative estimate of drug-likeness (QED) is 0.744. The zero-order valence-corrected chi connectivity index (χ0v) is 10.9. The fourth-order valence-electron chi connectivity index (χ4n) is 1.96. The maximum atomic E-state index is 9.17. The zero-order valence-electron chi connectivity index (χ0n) is 10.9. The first-order valence-electron chi connectivity index (χ1n) is 6.11. The lowest BCUT2D eigenvalue weighted by Gasteiger charge is -2.23. The average molecular weight is 262 g/mol. The fourth-order valence-corrected chi connectivity index (χ4v) is 1.96. The van der Waals surface area contributed by atoms with Crippen molar-refractivity contribution in [1.29, 1.82) is 0 Å². The molecule has 0 fully saturated rings. The number of nitrogens with zero attached hydrogens (tertiary/aromatic N) is 3. The lowest BCUT2D eigenvalue weighted by molar-refractivity contribution is 0.202. The molecule has 1 aromatic heterocycles. The molecule has 0 aliphatic carbocycles.